The summed E-state index contributed by atoms with van der Waals surface area (Å²) in [6.45, 7) is 6.56. The topological polar surface area (TPSA) is 72.7 Å². The van der Waals surface area contributed by atoms with Gasteiger partial charge in [-0.3, -0.25) is 4.79 Å². The van der Waals surface area contributed by atoms with Crippen LogP contribution < -0.4 is 5.32 Å². The lowest BCUT2D eigenvalue weighted by Crippen LogP contribution is -2.32. The second-order valence-electron chi connectivity index (χ2n) is 5.83. The van der Waals surface area contributed by atoms with Crippen LogP contribution in [0.3, 0.4) is 0 Å². The molecule has 25 heavy (non-hydrogen) atoms. The molecule has 3 aromatic rings. The van der Waals surface area contributed by atoms with Crippen molar-refractivity contribution in [3.8, 4) is 0 Å². The third-order valence-corrected chi connectivity index (χ3v) is 5.28. The summed E-state index contributed by atoms with van der Waals surface area (Å²) in [6, 6.07) is 7.69. The third-order valence-electron chi connectivity index (χ3n) is 4.21. The van der Waals surface area contributed by atoms with Gasteiger partial charge in [-0.1, -0.05) is 44.2 Å². The number of para-hydroxylation sites is 2. The van der Waals surface area contributed by atoms with E-state index in [0.29, 0.717) is 13.0 Å². The number of aryl methyl sites for hydroxylation is 2. The average molecular weight is 357 g/mol. The largest absolute Gasteiger partial charge is 0.348 e. The summed E-state index contributed by atoms with van der Waals surface area (Å²) in [6.07, 6.45) is 2.36. The summed E-state index contributed by atoms with van der Waals surface area (Å²) in [7, 11) is 0. The van der Waals surface area contributed by atoms with E-state index < -0.39 is 0 Å². The van der Waals surface area contributed by atoms with E-state index in [4.69, 9.17) is 0 Å². The van der Waals surface area contributed by atoms with Crippen molar-refractivity contribution >= 4 is 28.3 Å². The number of carbonyl (C=O) groups is 1. The molecule has 0 radical (unpaired) electrons. The van der Waals surface area contributed by atoms with Gasteiger partial charge in [0.1, 0.15) is 21.9 Å². The van der Waals surface area contributed by atoms with Gasteiger partial charge in [-0.15, -0.1) is 10.2 Å². The van der Waals surface area contributed by atoms with Crippen LogP contribution >= 0.6 is 11.3 Å². The summed E-state index contributed by atoms with van der Waals surface area (Å²) in [5.74, 6) is 0.931. The molecule has 6 nitrogen and oxygen atoms in total. The first kappa shape index (κ1) is 17.5. The Bertz CT molecular complexity index is 869. The number of hydrogen-bond acceptors (Lipinski definition) is 5. The van der Waals surface area contributed by atoms with E-state index in [-0.39, 0.29) is 11.9 Å². The van der Waals surface area contributed by atoms with E-state index in [1.165, 1.54) is 0 Å². The molecule has 0 aliphatic carbocycles. The molecule has 0 saturated heterocycles. The van der Waals surface area contributed by atoms with E-state index in [0.717, 1.165) is 39.7 Å². The van der Waals surface area contributed by atoms with Gasteiger partial charge in [0.2, 0.25) is 5.91 Å². The fraction of sp³-hybridized carbons (Fsp3) is 0.444. The van der Waals surface area contributed by atoms with Crippen LogP contribution in [0.1, 0.15) is 49.1 Å². The molecule has 0 fully saturated rings. The number of imidazole rings is 1. The van der Waals surface area contributed by atoms with E-state index in [1.807, 2.05) is 38.1 Å². The lowest BCUT2D eigenvalue weighted by molar-refractivity contribution is -0.124. The zero-order valence-electron chi connectivity index (χ0n) is 14.8. The van der Waals surface area contributed by atoms with Gasteiger partial charge in [0.05, 0.1) is 17.6 Å². The number of nitrogens with one attached hydrogen (secondary N) is 1. The fourth-order valence-electron chi connectivity index (χ4n) is 2.96. The highest BCUT2D eigenvalue weighted by Crippen LogP contribution is 2.24. The molecule has 0 aliphatic rings. The van der Waals surface area contributed by atoms with Gasteiger partial charge in [0, 0.05) is 6.42 Å². The van der Waals surface area contributed by atoms with Crippen molar-refractivity contribution in [3.63, 3.8) is 0 Å². The van der Waals surface area contributed by atoms with Crippen LogP contribution in [0, 0.1) is 0 Å². The predicted octanol–water partition coefficient (Wildman–Crippen LogP) is 3.28. The molecule has 7 heteroatoms. The molecule has 2 heterocycles. The molecule has 1 N–H and O–H groups in total. The van der Waals surface area contributed by atoms with Crippen LogP contribution in [0.2, 0.25) is 0 Å². The first-order valence-corrected chi connectivity index (χ1v) is 9.54. The highest BCUT2D eigenvalue weighted by molar-refractivity contribution is 7.11. The molecule has 1 atom stereocenters. The summed E-state index contributed by atoms with van der Waals surface area (Å²) in [4.78, 5) is 17.5. The van der Waals surface area contributed by atoms with Crippen LogP contribution in [-0.4, -0.2) is 25.7 Å². The lowest BCUT2D eigenvalue weighted by atomic mass is 10.2. The van der Waals surface area contributed by atoms with E-state index >= 15 is 0 Å². The van der Waals surface area contributed by atoms with Crippen molar-refractivity contribution in [2.75, 3.05) is 0 Å². The molecule has 0 spiro atoms. The number of amides is 1. The minimum atomic E-state index is -0.277. The van der Waals surface area contributed by atoms with Crippen molar-refractivity contribution in [1.82, 2.24) is 25.1 Å². The summed E-state index contributed by atoms with van der Waals surface area (Å²) < 4.78 is 2.07. The SMILES string of the molecule is CCc1nnc(CNC(=O)C(CC)n2c(CC)nc3ccccc32)s1. The highest BCUT2D eigenvalue weighted by atomic mass is 32.1. The van der Waals surface area contributed by atoms with Crippen LogP contribution in [0.15, 0.2) is 24.3 Å². The van der Waals surface area contributed by atoms with Gasteiger partial charge in [-0.2, -0.15) is 0 Å². The Morgan fingerprint density at radius 1 is 1.16 bits per heavy atom. The Morgan fingerprint density at radius 3 is 2.60 bits per heavy atom. The van der Waals surface area contributed by atoms with Crippen LogP contribution in [-0.2, 0) is 24.2 Å². The predicted molar refractivity (Wildman–Crippen MR) is 99.6 cm³/mol. The van der Waals surface area contributed by atoms with Gasteiger partial charge in [0.25, 0.3) is 0 Å². The second kappa shape index (κ2) is 7.74. The molecule has 0 saturated carbocycles. The molecule has 2 aromatic heterocycles. The maximum absolute atomic E-state index is 12.8. The Hall–Kier alpha value is -2.28. The van der Waals surface area contributed by atoms with Gasteiger partial charge >= 0.3 is 0 Å². The zero-order valence-corrected chi connectivity index (χ0v) is 15.6. The monoisotopic (exact) mass is 357 g/mol. The number of carbonyl (C=O) groups excluding carboxylic acids is 1. The second-order valence-corrected chi connectivity index (χ2v) is 6.97. The molecule has 1 aromatic carbocycles. The molecular formula is C18H23N5OS. The number of aromatic nitrogens is 4. The lowest BCUT2D eigenvalue weighted by Gasteiger charge is -2.19. The van der Waals surface area contributed by atoms with Gasteiger partial charge in [-0.25, -0.2) is 4.98 Å². The minimum absolute atomic E-state index is 0.00592. The number of nitrogens with zero attached hydrogens (tertiary/aromatic N) is 4. The molecule has 1 unspecified atom stereocenters. The third kappa shape index (κ3) is 3.56. The summed E-state index contributed by atoms with van der Waals surface area (Å²) in [5, 5.41) is 13.1. The Balaban J connectivity index is 1.83. The van der Waals surface area contributed by atoms with Crippen LogP contribution in [0.25, 0.3) is 11.0 Å². The normalized spacial score (nSPS) is 12.4. The highest BCUT2D eigenvalue weighted by Gasteiger charge is 2.23. The maximum atomic E-state index is 12.8. The number of hydrogen-bond donors (Lipinski definition) is 1. The van der Waals surface area contributed by atoms with Crippen molar-refractivity contribution in [1.29, 1.82) is 0 Å². The number of benzene rings is 1. The van der Waals surface area contributed by atoms with E-state index in [1.54, 1.807) is 11.3 Å². The zero-order chi connectivity index (χ0) is 17.8. The van der Waals surface area contributed by atoms with Gasteiger partial charge in [0.15, 0.2) is 0 Å². The molecular weight excluding hydrogens is 334 g/mol. The Kier molecular flexibility index (Phi) is 5.43. The van der Waals surface area contributed by atoms with Crippen LogP contribution in [0.4, 0.5) is 0 Å². The standard InChI is InChI=1S/C18H23N5OS/c1-4-13(18(24)19-11-17-22-21-16(6-3)25-17)23-14-10-8-7-9-12(14)20-15(23)5-2/h7-10,13H,4-6,11H2,1-3H3,(H,19,24). The summed E-state index contributed by atoms with van der Waals surface area (Å²) >= 11 is 1.55. The Morgan fingerprint density at radius 2 is 1.92 bits per heavy atom. The van der Waals surface area contributed by atoms with Crippen molar-refractivity contribution in [2.45, 2.75) is 52.6 Å². The molecule has 1 amide bonds. The van der Waals surface area contributed by atoms with Crippen molar-refractivity contribution in [3.05, 3.63) is 40.1 Å². The Labute approximate surface area is 151 Å². The fourth-order valence-corrected chi connectivity index (χ4v) is 3.68. The number of fused-ring (bicyclic) bond motifs is 1. The van der Waals surface area contributed by atoms with Crippen molar-refractivity contribution < 1.29 is 4.79 Å². The first-order valence-electron chi connectivity index (χ1n) is 8.72. The molecule has 0 aliphatic heterocycles. The average Bonchev–Trinajstić information content (AvgIpc) is 3.25. The first-order chi connectivity index (χ1) is 12.2. The van der Waals surface area contributed by atoms with Crippen molar-refractivity contribution in [2.24, 2.45) is 0 Å². The van der Waals surface area contributed by atoms with E-state index in [9.17, 15) is 4.79 Å². The van der Waals surface area contributed by atoms with Gasteiger partial charge < -0.3 is 9.88 Å². The van der Waals surface area contributed by atoms with Crippen LogP contribution in [0.5, 0.6) is 0 Å². The smallest absolute Gasteiger partial charge is 0.243 e. The number of rotatable bonds is 7. The maximum Gasteiger partial charge on any atom is 0.243 e. The molecule has 0 bridgehead atoms. The quantitative estimate of drug-likeness (QED) is 0.704. The van der Waals surface area contributed by atoms with E-state index in [2.05, 4.69) is 32.0 Å². The summed E-state index contributed by atoms with van der Waals surface area (Å²) in [5.41, 5.74) is 1.94. The van der Waals surface area contributed by atoms with Gasteiger partial charge in [-0.05, 0) is 25.0 Å². The minimum Gasteiger partial charge on any atom is -0.348 e. The molecule has 3 rings (SSSR count). The molecule has 132 valence electrons.